The maximum atomic E-state index is 13.0. The smallest absolute Gasteiger partial charge is 0.166 e. The molecule has 0 aromatic heterocycles. The number of rotatable bonds is 3. The highest BCUT2D eigenvalue weighted by molar-refractivity contribution is 6.01. The van der Waals surface area contributed by atoms with E-state index in [1.807, 2.05) is 0 Å². The summed E-state index contributed by atoms with van der Waals surface area (Å²) in [5, 5.41) is 0. The van der Waals surface area contributed by atoms with Gasteiger partial charge in [-0.15, -0.1) is 0 Å². The molecular weight excluding hydrogens is 183 g/mol. The number of Topliss-reactive ketones (excluding diaryl/α,β-unsaturated/α-hetero) is 1. The molecule has 4 heteroatoms. The highest BCUT2D eigenvalue weighted by atomic mass is 19.1. The van der Waals surface area contributed by atoms with Crippen molar-refractivity contribution in [2.24, 2.45) is 5.73 Å². The summed E-state index contributed by atoms with van der Waals surface area (Å²) >= 11 is 0. The van der Waals surface area contributed by atoms with Crippen molar-refractivity contribution in [3.05, 3.63) is 29.6 Å². The zero-order chi connectivity index (χ0) is 10.7. The number of anilines is 1. The van der Waals surface area contributed by atoms with Gasteiger partial charge in [-0.25, -0.2) is 4.39 Å². The number of para-hydroxylation sites is 1. The van der Waals surface area contributed by atoms with Gasteiger partial charge in [0.15, 0.2) is 5.78 Å². The van der Waals surface area contributed by atoms with E-state index in [0.29, 0.717) is 0 Å². The van der Waals surface area contributed by atoms with Gasteiger partial charge in [-0.1, -0.05) is 6.07 Å². The number of benzene rings is 1. The molecular formula is C10H13FN2O. The Balaban J connectivity index is 2.96. The third-order valence-electron chi connectivity index (χ3n) is 1.86. The van der Waals surface area contributed by atoms with Crippen LogP contribution in [0.5, 0.6) is 0 Å². The Bertz CT molecular complexity index is 350. The van der Waals surface area contributed by atoms with Crippen molar-refractivity contribution in [2.45, 2.75) is 19.4 Å². The van der Waals surface area contributed by atoms with Gasteiger partial charge in [0, 0.05) is 18.0 Å². The van der Waals surface area contributed by atoms with Crippen LogP contribution >= 0.6 is 0 Å². The van der Waals surface area contributed by atoms with E-state index in [-0.39, 0.29) is 29.5 Å². The molecule has 1 aromatic rings. The minimum absolute atomic E-state index is 0.0989. The average Bonchev–Trinajstić information content (AvgIpc) is 2.08. The van der Waals surface area contributed by atoms with Gasteiger partial charge in [0.1, 0.15) is 5.82 Å². The second-order valence-corrected chi connectivity index (χ2v) is 3.31. The van der Waals surface area contributed by atoms with Crippen LogP contribution in [0.25, 0.3) is 0 Å². The van der Waals surface area contributed by atoms with Gasteiger partial charge in [0.25, 0.3) is 0 Å². The van der Waals surface area contributed by atoms with Crippen molar-refractivity contribution in [1.29, 1.82) is 0 Å². The second-order valence-electron chi connectivity index (χ2n) is 3.31. The Labute approximate surface area is 81.9 Å². The van der Waals surface area contributed by atoms with Gasteiger partial charge in [0.2, 0.25) is 0 Å². The monoisotopic (exact) mass is 196 g/mol. The van der Waals surface area contributed by atoms with Gasteiger partial charge < -0.3 is 11.5 Å². The summed E-state index contributed by atoms with van der Waals surface area (Å²) in [5.74, 6) is -0.794. The van der Waals surface area contributed by atoms with Crippen LogP contribution in [0.3, 0.4) is 0 Å². The van der Waals surface area contributed by atoms with Gasteiger partial charge in [-0.05, 0) is 19.1 Å². The van der Waals surface area contributed by atoms with E-state index in [1.165, 1.54) is 18.2 Å². The zero-order valence-electron chi connectivity index (χ0n) is 7.96. The van der Waals surface area contributed by atoms with Crippen LogP contribution < -0.4 is 11.5 Å². The molecule has 0 saturated heterocycles. The van der Waals surface area contributed by atoms with E-state index >= 15 is 0 Å². The van der Waals surface area contributed by atoms with Crippen LogP contribution in [0, 0.1) is 5.82 Å². The zero-order valence-corrected chi connectivity index (χ0v) is 7.96. The predicted molar refractivity (Wildman–Crippen MR) is 53.4 cm³/mol. The van der Waals surface area contributed by atoms with Crippen molar-refractivity contribution in [3.8, 4) is 0 Å². The summed E-state index contributed by atoms with van der Waals surface area (Å²) in [4.78, 5) is 11.5. The molecule has 0 bridgehead atoms. The first-order valence-corrected chi connectivity index (χ1v) is 4.35. The minimum Gasteiger partial charge on any atom is -0.396 e. The van der Waals surface area contributed by atoms with Crippen LogP contribution in [0.15, 0.2) is 18.2 Å². The predicted octanol–water partition coefficient (Wildman–Crippen LogP) is 1.33. The Morgan fingerprint density at radius 3 is 2.79 bits per heavy atom. The van der Waals surface area contributed by atoms with Crippen molar-refractivity contribution >= 4 is 11.5 Å². The summed E-state index contributed by atoms with van der Waals surface area (Å²) in [5.41, 5.74) is 11.0. The first-order valence-electron chi connectivity index (χ1n) is 4.35. The fourth-order valence-electron chi connectivity index (χ4n) is 1.18. The summed E-state index contributed by atoms with van der Waals surface area (Å²) < 4.78 is 13.0. The Hall–Kier alpha value is -1.42. The van der Waals surface area contributed by atoms with Gasteiger partial charge in [-0.3, -0.25) is 4.79 Å². The molecule has 1 atom stereocenters. The largest absolute Gasteiger partial charge is 0.396 e. The van der Waals surface area contributed by atoms with Gasteiger partial charge >= 0.3 is 0 Å². The fraction of sp³-hybridized carbons (Fsp3) is 0.300. The third-order valence-corrected chi connectivity index (χ3v) is 1.86. The molecule has 0 heterocycles. The summed E-state index contributed by atoms with van der Waals surface area (Å²) in [6.45, 7) is 1.72. The average molecular weight is 196 g/mol. The first kappa shape index (κ1) is 10.7. The van der Waals surface area contributed by atoms with E-state index in [9.17, 15) is 9.18 Å². The maximum absolute atomic E-state index is 13.0. The highest BCUT2D eigenvalue weighted by Crippen LogP contribution is 2.17. The molecule has 0 saturated carbocycles. The number of hydrogen-bond donors (Lipinski definition) is 2. The van der Waals surface area contributed by atoms with Crippen LogP contribution in [-0.4, -0.2) is 11.8 Å². The third kappa shape index (κ3) is 2.29. The first-order chi connectivity index (χ1) is 6.52. The Morgan fingerprint density at radius 1 is 1.57 bits per heavy atom. The Morgan fingerprint density at radius 2 is 2.21 bits per heavy atom. The minimum atomic E-state index is -0.569. The lowest BCUT2D eigenvalue weighted by Crippen LogP contribution is -2.20. The SMILES string of the molecule is CC(N)CC(=O)c1cccc(F)c1N. The Kier molecular flexibility index (Phi) is 3.19. The number of carbonyl (C=O) groups excluding carboxylic acids is 1. The van der Waals surface area contributed by atoms with E-state index in [0.717, 1.165) is 0 Å². The molecule has 3 nitrogen and oxygen atoms in total. The normalized spacial score (nSPS) is 12.5. The second kappa shape index (κ2) is 4.19. The lowest BCUT2D eigenvalue weighted by Gasteiger charge is -2.07. The molecule has 1 unspecified atom stereocenters. The molecule has 0 aliphatic carbocycles. The number of carbonyl (C=O) groups is 1. The number of halogens is 1. The molecule has 1 aromatic carbocycles. The topological polar surface area (TPSA) is 69.1 Å². The lowest BCUT2D eigenvalue weighted by molar-refractivity contribution is 0.0977. The van der Waals surface area contributed by atoms with Crippen molar-refractivity contribution in [3.63, 3.8) is 0 Å². The standard InChI is InChI=1S/C10H13FN2O/c1-6(12)5-9(14)7-3-2-4-8(11)10(7)13/h2-4,6H,5,12-13H2,1H3. The van der Waals surface area contributed by atoms with E-state index in [4.69, 9.17) is 11.5 Å². The number of nitrogens with two attached hydrogens (primary N) is 2. The summed E-state index contributed by atoms with van der Waals surface area (Å²) in [7, 11) is 0. The van der Waals surface area contributed by atoms with Gasteiger partial charge in [-0.2, -0.15) is 0 Å². The van der Waals surface area contributed by atoms with Crippen LogP contribution in [0.1, 0.15) is 23.7 Å². The molecule has 76 valence electrons. The van der Waals surface area contributed by atoms with Crippen LogP contribution in [0.4, 0.5) is 10.1 Å². The summed E-state index contributed by atoms with van der Waals surface area (Å²) in [6.07, 6.45) is 0.174. The van der Waals surface area contributed by atoms with Crippen molar-refractivity contribution < 1.29 is 9.18 Å². The van der Waals surface area contributed by atoms with E-state index in [1.54, 1.807) is 6.92 Å². The number of nitrogen functional groups attached to an aromatic ring is 1. The summed E-state index contributed by atoms with van der Waals surface area (Å²) in [6, 6.07) is 3.94. The molecule has 1 rings (SSSR count). The molecule has 0 amide bonds. The van der Waals surface area contributed by atoms with E-state index in [2.05, 4.69) is 0 Å². The molecule has 14 heavy (non-hydrogen) atoms. The molecule has 0 radical (unpaired) electrons. The number of hydrogen-bond acceptors (Lipinski definition) is 3. The lowest BCUT2D eigenvalue weighted by atomic mass is 10.0. The van der Waals surface area contributed by atoms with E-state index < -0.39 is 5.82 Å². The molecule has 0 spiro atoms. The molecule has 4 N–H and O–H groups in total. The number of ketones is 1. The highest BCUT2D eigenvalue weighted by Gasteiger charge is 2.13. The van der Waals surface area contributed by atoms with Crippen LogP contribution in [-0.2, 0) is 0 Å². The fourth-order valence-corrected chi connectivity index (χ4v) is 1.18. The maximum Gasteiger partial charge on any atom is 0.166 e. The quantitative estimate of drug-likeness (QED) is 0.566. The molecule has 0 fully saturated rings. The molecule has 0 aliphatic heterocycles. The van der Waals surface area contributed by atoms with Gasteiger partial charge in [0.05, 0.1) is 5.69 Å². The van der Waals surface area contributed by atoms with Crippen LogP contribution in [0.2, 0.25) is 0 Å². The molecule has 0 aliphatic rings. The van der Waals surface area contributed by atoms with Crippen molar-refractivity contribution in [2.75, 3.05) is 5.73 Å². The van der Waals surface area contributed by atoms with Crippen molar-refractivity contribution in [1.82, 2.24) is 0 Å².